The summed E-state index contributed by atoms with van der Waals surface area (Å²) >= 11 is 6.63. The topological polar surface area (TPSA) is 57.6 Å². The van der Waals surface area contributed by atoms with Crippen molar-refractivity contribution >= 4 is 43.7 Å². The Morgan fingerprint density at radius 1 is 1.21 bits per heavy atom. The van der Waals surface area contributed by atoms with E-state index in [-0.39, 0.29) is 5.91 Å². The standard InChI is InChI=1S/C13H15Br2NO3/c1-4-16(13(2,3)12(18)19)11(17)8-5-9(14)7-10(15)6-8/h5-7H,4H2,1-3H3,(H,18,19). The smallest absolute Gasteiger partial charge is 0.329 e. The third-order valence-corrected chi connectivity index (χ3v) is 3.78. The highest BCUT2D eigenvalue weighted by molar-refractivity contribution is 9.11. The second-order valence-electron chi connectivity index (χ2n) is 4.57. The number of hydrogen-bond donors (Lipinski definition) is 1. The number of rotatable bonds is 4. The average molecular weight is 393 g/mol. The van der Waals surface area contributed by atoms with E-state index >= 15 is 0 Å². The van der Waals surface area contributed by atoms with Crippen molar-refractivity contribution in [2.75, 3.05) is 6.54 Å². The fraction of sp³-hybridized carbons (Fsp3) is 0.385. The maximum atomic E-state index is 12.5. The van der Waals surface area contributed by atoms with Crippen LogP contribution in [0.1, 0.15) is 31.1 Å². The number of carbonyl (C=O) groups is 2. The summed E-state index contributed by atoms with van der Waals surface area (Å²) < 4.78 is 1.52. The molecule has 0 atom stereocenters. The van der Waals surface area contributed by atoms with Crippen molar-refractivity contribution in [3.8, 4) is 0 Å². The first-order valence-electron chi connectivity index (χ1n) is 5.71. The Balaban J connectivity index is 3.19. The molecule has 0 saturated heterocycles. The van der Waals surface area contributed by atoms with Crippen molar-refractivity contribution < 1.29 is 14.7 Å². The van der Waals surface area contributed by atoms with Gasteiger partial charge in [0.25, 0.3) is 5.91 Å². The lowest BCUT2D eigenvalue weighted by Gasteiger charge is -2.34. The molecule has 1 rings (SSSR count). The molecule has 0 aliphatic heterocycles. The fourth-order valence-corrected chi connectivity index (χ4v) is 3.04. The zero-order chi connectivity index (χ0) is 14.8. The normalized spacial score (nSPS) is 11.2. The van der Waals surface area contributed by atoms with Gasteiger partial charge in [-0.25, -0.2) is 4.79 Å². The predicted molar refractivity (Wildman–Crippen MR) is 80.3 cm³/mol. The number of carbonyl (C=O) groups excluding carboxylic acids is 1. The van der Waals surface area contributed by atoms with E-state index in [2.05, 4.69) is 31.9 Å². The summed E-state index contributed by atoms with van der Waals surface area (Å²) in [6.45, 7) is 5.12. The molecule has 0 aliphatic rings. The molecule has 0 aromatic heterocycles. The molecule has 1 amide bonds. The van der Waals surface area contributed by atoms with Crippen molar-refractivity contribution in [1.29, 1.82) is 0 Å². The van der Waals surface area contributed by atoms with Gasteiger partial charge in [-0.2, -0.15) is 0 Å². The zero-order valence-corrected chi connectivity index (χ0v) is 14.1. The minimum atomic E-state index is -1.25. The first-order valence-corrected chi connectivity index (χ1v) is 7.30. The molecule has 1 aromatic carbocycles. The third kappa shape index (κ3) is 3.57. The number of carboxylic acids is 1. The number of aliphatic carboxylic acids is 1. The van der Waals surface area contributed by atoms with Gasteiger partial charge in [0.2, 0.25) is 0 Å². The number of hydrogen-bond acceptors (Lipinski definition) is 2. The van der Waals surface area contributed by atoms with Crippen molar-refractivity contribution in [1.82, 2.24) is 4.90 Å². The van der Waals surface area contributed by atoms with Gasteiger partial charge in [-0.3, -0.25) is 4.79 Å². The monoisotopic (exact) mass is 391 g/mol. The summed E-state index contributed by atoms with van der Waals surface area (Å²) in [7, 11) is 0. The maximum Gasteiger partial charge on any atom is 0.329 e. The van der Waals surface area contributed by atoms with E-state index in [0.717, 1.165) is 8.95 Å². The lowest BCUT2D eigenvalue weighted by atomic mass is 10.0. The van der Waals surface area contributed by atoms with Gasteiger partial charge in [0.15, 0.2) is 0 Å². The van der Waals surface area contributed by atoms with Crippen LogP contribution in [0.25, 0.3) is 0 Å². The Bertz CT molecular complexity index is 494. The highest BCUT2D eigenvalue weighted by atomic mass is 79.9. The molecule has 0 spiro atoms. The van der Waals surface area contributed by atoms with Gasteiger partial charge in [-0.15, -0.1) is 0 Å². The molecule has 6 heteroatoms. The molecule has 1 N–H and O–H groups in total. The first-order chi connectivity index (χ1) is 8.70. The number of nitrogens with zero attached hydrogens (tertiary/aromatic N) is 1. The maximum absolute atomic E-state index is 12.5. The van der Waals surface area contributed by atoms with Crippen LogP contribution in [-0.4, -0.2) is 34.0 Å². The lowest BCUT2D eigenvalue weighted by Crippen LogP contribution is -2.52. The highest BCUT2D eigenvalue weighted by Crippen LogP contribution is 2.24. The van der Waals surface area contributed by atoms with Gasteiger partial charge in [0.05, 0.1) is 0 Å². The van der Waals surface area contributed by atoms with Crippen LogP contribution in [0.5, 0.6) is 0 Å². The lowest BCUT2D eigenvalue weighted by molar-refractivity contribution is -0.147. The van der Waals surface area contributed by atoms with E-state index in [9.17, 15) is 14.7 Å². The molecule has 19 heavy (non-hydrogen) atoms. The van der Waals surface area contributed by atoms with Crippen molar-refractivity contribution in [3.05, 3.63) is 32.7 Å². The van der Waals surface area contributed by atoms with Gasteiger partial charge in [-0.05, 0) is 39.0 Å². The van der Waals surface area contributed by atoms with Gasteiger partial charge in [0.1, 0.15) is 5.54 Å². The molecule has 0 aliphatic carbocycles. The second-order valence-corrected chi connectivity index (χ2v) is 6.40. The Morgan fingerprint density at radius 2 is 1.68 bits per heavy atom. The zero-order valence-electron chi connectivity index (χ0n) is 10.9. The molecule has 0 radical (unpaired) electrons. The molecule has 4 nitrogen and oxygen atoms in total. The summed E-state index contributed by atoms with van der Waals surface area (Å²) in [5, 5.41) is 9.24. The number of halogens is 2. The molecule has 0 unspecified atom stereocenters. The largest absolute Gasteiger partial charge is 0.480 e. The van der Waals surface area contributed by atoms with Gasteiger partial charge in [0, 0.05) is 21.1 Å². The molecular weight excluding hydrogens is 378 g/mol. The van der Waals surface area contributed by atoms with Crippen molar-refractivity contribution in [3.63, 3.8) is 0 Å². The minimum absolute atomic E-state index is 0.308. The molecule has 0 saturated carbocycles. The van der Waals surface area contributed by atoms with Crippen LogP contribution in [0, 0.1) is 0 Å². The molecule has 0 bridgehead atoms. The molecule has 0 fully saturated rings. The number of benzene rings is 1. The van der Waals surface area contributed by atoms with Gasteiger partial charge < -0.3 is 10.0 Å². The fourth-order valence-electron chi connectivity index (χ4n) is 1.74. The Kier molecular flexibility index (Phi) is 5.15. The molecule has 1 aromatic rings. The highest BCUT2D eigenvalue weighted by Gasteiger charge is 2.37. The second kappa shape index (κ2) is 6.05. The number of carboxylic acid groups (broad SMARTS) is 1. The minimum Gasteiger partial charge on any atom is -0.480 e. The quantitative estimate of drug-likeness (QED) is 0.852. The molecule has 104 valence electrons. The third-order valence-electron chi connectivity index (χ3n) is 2.87. The first kappa shape index (κ1) is 16.2. The number of amides is 1. The van der Waals surface area contributed by atoms with E-state index in [4.69, 9.17) is 0 Å². The van der Waals surface area contributed by atoms with Crippen LogP contribution in [-0.2, 0) is 4.79 Å². The number of likely N-dealkylation sites (N-methyl/N-ethyl adjacent to an activating group) is 1. The Hall–Kier alpha value is -0.880. The SMILES string of the molecule is CCN(C(=O)c1cc(Br)cc(Br)c1)C(C)(C)C(=O)O. The Morgan fingerprint density at radius 3 is 2.05 bits per heavy atom. The summed E-state index contributed by atoms with van der Waals surface area (Å²) in [5.41, 5.74) is -0.807. The van der Waals surface area contributed by atoms with Crippen LogP contribution in [0.2, 0.25) is 0 Å². The van der Waals surface area contributed by atoms with Gasteiger partial charge in [-0.1, -0.05) is 31.9 Å². The van der Waals surface area contributed by atoms with Crippen LogP contribution >= 0.6 is 31.9 Å². The summed E-state index contributed by atoms with van der Waals surface area (Å²) in [4.78, 5) is 25.1. The average Bonchev–Trinajstić information content (AvgIpc) is 2.27. The predicted octanol–water partition coefficient (Wildman–Crippen LogP) is 3.54. The van der Waals surface area contributed by atoms with Crippen LogP contribution in [0.3, 0.4) is 0 Å². The van der Waals surface area contributed by atoms with Crippen LogP contribution in [0.15, 0.2) is 27.1 Å². The van der Waals surface area contributed by atoms with Gasteiger partial charge >= 0.3 is 5.97 Å². The van der Waals surface area contributed by atoms with Crippen LogP contribution < -0.4 is 0 Å². The van der Waals surface area contributed by atoms with E-state index < -0.39 is 11.5 Å². The van der Waals surface area contributed by atoms with E-state index in [1.165, 1.54) is 18.7 Å². The summed E-state index contributed by atoms with van der Waals surface area (Å²) in [6.07, 6.45) is 0. The van der Waals surface area contributed by atoms with Crippen molar-refractivity contribution in [2.45, 2.75) is 26.3 Å². The van der Waals surface area contributed by atoms with Crippen molar-refractivity contribution in [2.24, 2.45) is 0 Å². The molecule has 0 heterocycles. The van der Waals surface area contributed by atoms with E-state index in [1.807, 2.05) is 6.07 Å². The molecular formula is C13H15Br2NO3. The Labute approximate surface area is 129 Å². The van der Waals surface area contributed by atoms with E-state index in [1.54, 1.807) is 19.1 Å². The van der Waals surface area contributed by atoms with Crippen LogP contribution in [0.4, 0.5) is 0 Å². The summed E-state index contributed by atoms with van der Waals surface area (Å²) in [6, 6.07) is 5.16. The summed E-state index contributed by atoms with van der Waals surface area (Å²) in [5.74, 6) is -1.34. The van der Waals surface area contributed by atoms with E-state index in [0.29, 0.717) is 12.1 Å².